The molecular weight excluding hydrogens is 152 g/mol. The molecule has 1 aliphatic heterocycles. The number of hydrogen-bond acceptors (Lipinski definition) is 2. The van der Waals surface area contributed by atoms with Crippen LogP contribution in [0.2, 0.25) is 0 Å². The lowest BCUT2D eigenvalue weighted by atomic mass is 10.3. The summed E-state index contributed by atoms with van der Waals surface area (Å²) >= 11 is 0. The van der Waals surface area contributed by atoms with Gasteiger partial charge in [-0.05, 0) is 19.0 Å². The van der Waals surface area contributed by atoms with Gasteiger partial charge >= 0.3 is 0 Å². The fourth-order valence-corrected chi connectivity index (χ4v) is 1.06. The smallest absolute Gasteiger partial charge is 0.230 e. The van der Waals surface area contributed by atoms with Gasteiger partial charge in [-0.3, -0.25) is 4.79 Å². The van der Waals surface area contributed by atoms with Crippen LogP contribution in [-0.2, 0) is 4.79 Å². The van der Waals surface area contributed by atoms with Gasteiger partial charge in [-0.2, -0.15) is 0 Å². The second kappa shape index (κ2) is 4.72. The van der Waals surface area contributed by atoms with Crippen molar-refractivity contribution < 1.29 is 4.79 Å². The van der Waals surface area contributed by atoms with E-state index in [0.29, 0.717) is 13.0 Å². The van der Waals surface area contributed by atoms with Crippen LogP contribution in [0.15, 0.2) is 24.4 Å². The third-order valence-electron chi connectivity index (χ3n) is 1.73. The molecule has 0 bridgehead atoms. The average molecular weight is 166 g/mol. The molecule has 3 nitrogen and oxygen atoms in total. The van der Waals surface area contributed by atoms with Crippen LogP contribution in [0.4, 0.5) is 0 Å². The summed E-state index contributed by atoms with van der Waals surface area (Å²) in [5.41, 5.74) is 5.35. The molecule has 0 aromatic rings. The Bertz CT molecular complexity index is 209. The zero-order valence-corrected chi connectivity index (χ0v) is 7.07. The van der Waals surface area contributed by atoms with Crippen molar-refractivity contribution in [2.45, 2.75) is 12.8 Å². The summed E-state index contributed by atoms with van der Waals surface area (Å²) < 4.78 is 0. The average Bonchev–Trinajstić information content (AvgIpc) is 2.27. The van der Waals surface area contributed by atoms with Gasteiger partial charge in [0.25, 0.3) is 0 Å². The Morgan fingerprint density at radius 1 is 1.50 bits per heavy atom. The highest BCUT2D eigenvalue weighted by Gasteiger charge is 2.08. The van der Waals surface area contributed by atoms with Gasteiger partial charge in [0.15, 0.2) is 0 Å². The van der Waals surface area contributed by atoms with Crippen LogP contribution >= 0.6 is 0 Å². The Kier molecular flexibility index (Phi) is 3.54. The van der Waals surface area contributed by atoms with Crippen LogP contribution in [0.1, 0.15) is 12.8 Å². The molecule has 12 heavy (non-hydrogen) atoms. The Hall–Kier alpha value is -1.09. The summed E-state index contributed by atoms with van der Waals surface area (Å²) in [6.45, 7) is 1.36. The number of carbonyl (C=O) groups is 1. The minimum atomic E-state index is 0.147. The minimum Gasteiger partial charge on any atom is -0.330 e. The molecule has 0 unspecified atom stereocenters. The van der Waals surface area contributed by atoms with E-state index in [1.165, 1.54) is 0 Å². The molecule has 0 aromatic heterocycles. The van der Waals surface area contributed by atoms with Crippen molar-refractivity contribution in [3.05, 3.63) is 24.4 Å². The fraction of sp³-hybridized carbons (Fsp3) is 0.444. The largest absolute Gasteiger partial charge is 0.330 e. The van der Waals surface area contributed by atoms with Gasteiger partial charge in [-0.15, -0.1) is 0 Å². The zero-order chi connectivity index (χ0) is 8.81. The Morgan fingerprint density at radius 2 is 2.33 bits per heavy atom. The number of nitrogens with zero attached hydrogens (tertiary/aromatic N) is 1. The molecule has 0 atom stereocenters. The second-order valence-corrected chi connectivity index (χ2v) is 2.70. The van der Waals surface area contributed by atoms with E-state index >= 15 is 0 Å². The summed E-state index contributed by atoms with van der Waals surface area (Å²) in [5.74, 6) is 0.147. The molecule has 0 saturated heterocycles. The standard InChI is InChI=1S/C9H14N2O/c10-6-4-8-11-7-3-1-2-5-9(11)12/h1-3,7H,4-6,8,10H2. The summed E-state index contributed by atoms with van der Waals surface area (Å²) in [6, 6.07) is 0. The molecule has 0 aromatic carbocycles. The summed E-state index contributed by atoms with van der Waals surface area (Å²) in [5, 5.41) is 0. The minimum absolute atomic E-state index is 0.147. The van der Waals surface area contributed by atoms with Crippen LogP contribution in [0.3, 0.4) is 0 Å². The Morgan fingerprint density at radius 3 is 3.08 bits per heavy atom. The molecule has 1 rings (SSSR count). The Balaban J connectivity index is 2.45. The third kappa shape index (κ3) is 2.51. The SMILES string of the molecule is NCCCN1C=CC=CCC1=O. The molecule has 0 fully saturated rings. The van der Waals surface area contributed by atoms with Crippen LogP contribution in [0.25, 0.3) is 0 Å². The van der Waals surface area contributed by atoms with E-state index in [-0.39, 0.29) is 5.91 Å². The second-order valence-electron chi connectivity index (χ2n) is 2.70. The third-order valence-corrected chi connectivity index (χ3v) is 1.73. The molecule has 0 radical (unpaired) electrons. The molecule has 3 heteroatoms. The van der Waals surface area contributed by atoms with Gasteiger partial charge in [0.2, 0.25) is 5.91 Å². The summed E-state index contributed by atoms with van der Waals surface area (Å²) in [7, 11) is 0. The highest BCUT2D eigenvalue weighted by atomic mass is 16.2. The Labute approximate surface area is 72.5 Å². The van der Waals surface area contributed by atoms with E-state index in [4.69, 9.17) is 5.73 Å². The van der Waals surface area contributed by atoms with E-state index < -0.39 is 0 Å². The number of carbonyl (C=O) groups excluding carboxylic acids is 1. The molecule has 2 N–H and O–H groups in total. The summed E-state index contributed by atoms with van der Waals surface area (Å²) in [4.78, 5) is 13.0. The monoisotopic (exact) mass is 166 g/mol. The van der Waals surface area contributed by atoms with Crippen molar-refractivity contribution in [2.24, 2.45) is 5.73 Å². The van der Waals surface area contributed by atoms with Crippen molar-refractivity contribution in [2.75, 3.05) is 13.1 Å². The molecule has 0 saturated carbocycles. The topological polar surface area (TPSA) is 46.3 Å². The van der Waals surface area contributed by atoms with Crippen molar-refractivity contribution in [1.82, 2.24) is 4.90 Å². The molecule has 1 amide bonds. The van der Waals surface area contributed by atoms with Gasteiger partial charge in [0.05, 0.1) is 0 Å². The van der Waals surface area contributed by atoms with Crippen molar-refractivity contribution >= 4 is 5.91 Å². The van der Waals surface area contributed by atoms with Gasteiger partial charge in [-0.25, -0.2) is 0 Å². The molecule has 0 spiro atoms. The predicted octanol–water partition coefficient (Wildman–Crippen LogP) is 0.637. The van der Waals surface area contributed by atoms with Crippen molar-refractivity contribution in [3.63, 3.8) is 0 Å². The van der Waals surface area contributed by atoms with E-state index in [0.717, 1.165) is 13.0 Å². The first-order valence-corrected chi connectivity index (χ1v) is 4.17. The predicted molar refractivity (Wildman–Crippen MR) is 48.3 cm³/mol. The lowest BCUT2D eigenvalue weighted by Gasteiger charge is -2.15. The van der Waals surface area contributed by atoms with Gasteiger partial charge in [-0.1, -0.05) is 12.2 Å². The van der Waals surface area contributed by atoms with Gasteiger partial charge in [0, 0.05) is 19.2 Å². The molecular formula is C9H14N2O. The maximum Gasteiger partial charge on any atom is 0.230 e. The number of allylic oxidation sites excluding steroid dienone is 2. The van der Waals surface area contributed by atoms with Crippen LogP contribution < -0.4 is 5.73 Å². The van der Waals surface area contributed by atoms with Crippen LogP contribution in [0, 0.1) is 0 Å². The van der Waals surface area contributed by atoms with Crippen LogP contribution in [0.5, 0.6) is 0 Å². The molecule has 1 aliphatic rings. The van der Waals surface area contributed by atoms with E-state index in [2.05, 4.69) is 0 Å². The lowest BCUT2D eigenvalue weighted by molar-refractivity contribution is -0.127. The quantitative estimate of drug-likeness (QED) is 0.668. The first-order chi connectivity index (χ1) is 5.84. The number of nitrogens with two attached hydrogens (primary N) is 1. The highest BCUT2D eigenvalue weighted by molar-refractivity contribution is 5.79. The normalized spacial score (nSPS) is 16.8. The van der Waals surface area contributed by atoms with E-state index in [1.807, 2.05) is 24.4 Å². The first-order valence-electron chi connectivity index (χ1n) is 4.17. The highest BCUT2D eigenvalue weighted by Crippen LogP contribution is 2.02. The number of rotatable bonds is 3. The van der Waals surface area contributed by atoms with Crippen molar-refractivity contribution in [3.8, 4) is 0 Å². The van der Waals surface area contributed by atoms with Gasteiger partial charge < -0.3 is 10.6 Å². The summed E-state index contributed by atoms with van der Waals surface area (Å²) in [6.07, 6.45) is 8.79. The number of hydrogen-bond donors (Lipinski definition) is 1. The molecule has 66 valence electrons. The first kappa shape index (κ1) is 9.00. The maximum atomic E-state index is 11.3. The maximum absolute atomic E-state index is 11.3. The lowest BCUT2D eigenvalue weighted by Crippen LogP contribution is -2.26. The van der Waals surface area contributed by atoms with Gasteiger partial charge in [0.1, 0.15) is 0 Å². The van der Waals surface area contributed by atoms with E-state index in [1.54, 1.807) is 4.90 Å². The van der Waals surface area contributed by atoms with Crippen LogP contribution in [-0.4, -0.2) is 23.9 Å². The molecule has 0 aliphatic carbocycles. The number of amides is 1. The van der Waals surface area contributed by atoms with E-state index in [9.17, 15) is 4.79 Å². The van der Waals surface area contributed by atoms with Crippen molar-refractivity contribution in [1.29, 1.82) is 0 Å². The molecule has 1 heterocycles. The fourth-order valence-electron chi connectivity index (χ4n) is 1.06. The zero-order valence-electron chi connectivity index (χ0n) is 7.07.